The molecule has 8 heteroatoms. The Hall–Kier alpha value is -3.33. The smallest absolute Gasteiger partial charge is 0.250 e. The van der Waals surface area contributed by atoms with E-state index in [0.29, 0.717) is 21.7 Å². The van der Waals surface area contributed by atoms with Crippen LogP contribution in [0.15, 0.2) is 57.9 Å². The summed E-state index contributed by atoms with van der Waals surface area (Å²) >= 11 is 1.43. The number of hydrogen-bond acceptors (Lipinski definition) is 7. The second-order valence-corrected chi connectivity index (χ2v) is 9.08. The van der Waals surface area contributed by atoms with Gasteiger partial charge in [0.25, 0.3) is 0 Å². The number of hydrogen-bond donors (Lipinski definition) is 1. The molecule has 2 aromatic heterocycles. The van der Waals surface area contributed by atoms with Crippen LogP contribution in [0.5, 0.6) is 0 Å². The molecular formula is C25H23N3O4S. The number of ether oxygens (including phenoxy) is 1. The molecule has 3 heterocycles. The molecule has 1 aliphatic rings. The van der Waals surface area contributed by atoms with Crippen molar-refractivity contribution in [3.8, 4) is 0 Å². The van der Waals surface area contributed by atoms with E-state index in [9.17, 15) is 9.59 Å². The lowest BCUT2D eigenvalue weighted by Crippen LogP contribution is -2.35. The number of nitrogens with zero attached hydrogens (tertiary/aromatic N) is 2. The number of carbonyl (C=O) groups is 1. The van der Waals surface area contributed by atoms with E-state index in [1.165, 1.54) is 35.3 Å². The highest BCUT2D eigenvalue weighted by Gasteiger charge is 2.12. The molecule has 1 N–H and O–H groups in total. The summed E-state index contributed by atoms with van der Waals surface area (Å²) in [7, 11) is 0. The van der Waals surface area contributed by atoms with Gasteiger partial charge in [0, 0.05) is 25.7 Å². The first kappa shape index (κ1) is 21.5. The molecule has 1 saturated heterocycles. The number of anilines is 1. The fraction of sp³-hybridized carbons (Fsp3) is 0.240. The molecular weight excluding hydrogens is 438 g/mol. The highest BCUT2D eigenvalue weighted by Crippen LogP contribution is 2.27. The van der Waals surface area contributed by atoms with Gasteiger partial charge < -0.3 is 9.15 Å². The molecule has 0 bridgehead atoms. The van der Waals surface area contributed by atoms with E-state index in [0.717, 1.165) is 48.6 Å². The van der Waals surface area contributed by atoms with Gasteiger partial charge in [-0.1, -0.05) is 29.0 Å². The van der Waals surface area contributed by atoms with Gasteiger partial charge in [-0.15, -0.1) is 0 Å². The predicted octanol–water partition coefficient (Wildman–Crippen LogP) is 4.20. The third-order valence-corrected chi connectivity index (χ3v) is 6.50. The average molecular weight is 462 g/mol. The number of fused-ring (bicyclic) bond motifs is 2. The van der Waals surface area contributed by atoms with Gasteiger partial charge >= 0.3 is 0 Å². The summed E-state index contributed by atoms with van der Waals surface area (Å²) < 4.78 is 12.0. The Kier molecular flexibility index (Phi) is 6.04. The topological polar surface area (TPSA) is 84.7 Å². The van der Waals surface area contributed by atoms with Gasteiger partial charge in [-0.05, 0) is 42.8 Å². The molecule has 0 aliphatic carbocycles. The molecule has 0 saturated carbocycles. The summed E-state index contributed by atoms with van der Waals surface area (Å²) in [6.45, 7) is 6.20. The van der Waals surface area contributed by atoms with E-state index in [-0.39, 0.29) is 11.3 Å². The van der Waals surface area contributed by atoms with Gasteiger partial charge in [0.1, 0.15) is 11.8 Å². The molecule has 2 aromatic carbocycles. The van der Waals surface area contributed by atoms with Crippen LogP contribution in [0, 0.1) is 6.92 Å². The predicted molar refractivity (Wildman–Crippen MR) is 131 cm³/mol. The summed E-state index contributed by atoms with van der Waals surface area (Å²) in [6, 6.07) is 11.6. The Labute approximate surface area is 194 Å². The number of amides is 1. The zero-order valence-corrected chi connectivity index (χ0v) is 19.0. The minimum absolute atomic E-state index is 0.170. The lowest BCUT2D eigenvalue weighted by molar-refractivity contribution is -0.111. The first-order chi connectivity index (χ1) is 16.0. The van der Waals surface area contributed by atoms with Crippen molar-refractivity contribution in [1.29, 1.82) is 0 Å². The Morgan fingerprint density at radius 2 is 2.06 bits per heavy atom. The number of aryl methyl sites for hydroxylation is 1. The summed E-state index contributed by atoms with van der Waals surface area (Å²) in [5, 5.41) is 3.81. The highest BCUT2D eigenvalue weighted by molar-refractivity contribution is 7.22. The molecule has 0 unspecified atom stereocenters. The van der Waals surface area contributed by atoms with Crippen molar-refractivity contribution in [3.05, 3.63) is 75.7 Å². The number of morpholine rings is 1. The molecule has 0 radical (unpaired) electrons. The van der Waals surface area contributed by atoms with Gasteiger partial charge in [0.15, 0.2) is 10.6 Å². The van der Waals surface area contributed by atoms with Gasteiger partial charge in [-0.3, -0.25) is 19.8 Å². The first-order valence-electron chi connectivity index (χ1n) is 10.8. The van der Waals surface area contributed by atoms with Crippen molar-refractivity contribution in [2.45, 2.75) is 13.5 Å². The standard InChI is InChI=1S/C25H23N3O4S/c1-16-2-6-21-19(12-16)24(30)18(15-32-21)4-7-23(29)27-25-26-20-5-3-17(13-22(20)33-25)14-28-8-10-31-11-9-28/h2-7,12-13,15H,8-11,14H2,1H3,(H,26,27,29)/b7-4+. The fourth-order valence-electron chi connectivity index (χ4n) is 3.83. The van der Waals surface area contributed by atoms with Crippen LogP contribution in [0.1, 0.15) is 16.7 Å². The third-order valence-electron chi connectivity index (χ3n) is 5.56. The van der Waals surface area contributed by atoms with Gasteiger partial charge in [0.05, 0.1) is 34.4 Å². The maximum absolute atomic E-state index is 12.7. The molecule has 7 nitrogen and oxygen atoms in total. The van der Waals surface area contributed by atoms with Crippen molar-refractivity contribution in [2.24, 2.45) is 0 Å². The Bertz CT molecular complexity index is 1420. The van der Waals surface area contributed by atoms with Crippen LogP contribution in [0.2, 0.25) is 0 Å². The van der Waals surface area contributed by atoms with Crippen LogP contribution in [0.25, 0.3) is 27.3 Å². The summed E-state index contributed by atoms with van der Waals surface area (Å²) in [5.41, 5.74) is 3.70. The maximum Gasteiger partial charge on any atom is 0.250 e. The normalized spacial score (nSPS) is 14.9. The number of thiazole rings is 1. The molecule has 33 heavy (non-hydrogen) atoms. The van der Waals surface area contributed by atoms with Crippen LogP contribution in [-0.2, 0) is 16.1 Å². The van der Waals surface area contributed by atoms with Crippen LogP contribution in [-0.4, -0.2) is 42.1 Å². The van der Waals surface area contributed by atoms with E-state index in [1.54, 1.807) is 12.1 Å². The van der Waals surface area contributed by atoms with Crippen molar-refractivity contribution in [2.75, 3.05) is 31.6 Å². The first-order valence-corrected chi connectivity index (χ1v) is 11.6. The SMILES string of the molecule is Cc1ccc2occ(/C=C/C(=O)Nc3nc4ccc(CN5CCOCC5)cc4s3)c(=O)c2c1. The fourth-order valence-corrected chi connectivity index (χ4v) is 4.76. The molecule has 5 rings (SSSR count). The number of rotatable bonds is 5. The monoisotopic (exact) mass is 461 g/mol. The highest BCUT2D eigenvalue weighted by atomic mass is 32.1. The number of benzene rings is 2. The third kappa shape index (κ3) is 4.88. The van der Waals surface area contributed by atoms with Crippen molar-refractivity contribution < 1.29 is 13.9 Å². The molecule has 168 valence electrons. The summed E-state index contributed by atoms with van der Waals surface area (Å²) in [5.74, 6) is -0.355. The van der Waals surface area contributed by atoms with E-state index in [4.69, 9.17) is 9.15 Å². The van der Waals surface area contributed by atoms with E-state index < -0.39 is 0 Å². The van der Waals surface area contributed by atoms with Crippen molar-refractivity contribution >= 4 is 49.6 Å². The van der Waals surface area contributed by atoms with Crippen LogP contribution < -0.4 is 10.7 Å². The molecule has 1 aliphatic heterocycles. The largest absolute Gasteiger partial charge is 0.463 e. The Morgan fingerprint density at radius 3 is 2.91 bits per heavy atom. The lowest BCUT2D eigenvalue weighted by atomic mass is 10.1. The number of nitrogens with one attached hydrogen (secondary N) is 1. The molecule has 4 aromatic rings. The van der Waals surface area contributed by atoms with Gasteiger partial charge in [-0.2, -0.15) is 0 Å². The second-order valence-electron chi connectivity index (χ2n) is 8.05. The lowest BCUT2D eigenvalue weighted by Gasteiger charge is -2.26. The Balaban J connectivity index is 1.29. The minimum atomic E-state index is -0.355. The van der Waals surface area contributed by atoms with Crippen molar-refractivity contribution in [1.82, 2.24) is 9.88 Å². The van der Waals surface area contributed by atoms with Crippen LogP contribution in [0.3, 0.4) is 0 Å². The van der Waals surface area contributed by atoms with E-state index >= 15 is 0 Å². The molecule has 1 fully saturated rings. The molecule has 0 atom stereocenters. The molecule has 1 amide bonds. The van der Waals surface area contributed by atoms with E-state index in [2.05, 4.69) is 27.3 Å². The maximum atomic E-state index is 12.7. The second kappa shape index (κ2) is 9.27. The quantitative estimate of drug-likeness (QED) is 0.449. The van der Waals surface area contributed by atoms with Crippen LogP contribution >= 0.6 is 11.3 Å². The van der Waals surface area contributed by atoms with E-state index in [1.807, 2.05) is 19.1 Å². The van der Waals surface area contributed by atoms with Crippen LogP contribution in [0.4, 0.5) is 5.13 Å². The van der Waals surface area contributed by atoms with Gasteiger partial charge in [-0.25, -0.2) is 4.98 Å². The summed E-state index contributed by atoms with van der Waals surface area (Å²) in [4.78, 5) is 32.0. The zero-order chi connectivity index (χ0) is 22.8. The number of aromatic nitrogens is 1. The molecule has 0 spiro atoms. The minimum Gasteiger partial charge on any atom is -0.463 e. The number of carbonyl (C=O) groups excluding carboxylic acids is 1. The summed E-state index contributed by atoms with van der Waals surface area (Å²) in [6.07, 6.45) is 4.16. The van der Waals surface area contributed by atoms with Gasteiger partial charge in [0.2, 0.25) is 5.91 Å². The van der Waals surface area contributed by atoms with Crippen molar-refractivity contribution in [3.63, 3.8) is 0 Å². The Morgan fingerprint density at radius 1 is 1.21 bits per heavy atom. The zero-order valence-electron chi connectivity index (χ0n) is 18.2. The average Bonchev–Trinajstić information content (AvgIpc) is 3.21.